The molecule has 1 heterocycles. The maximum absolute atomic E-state index is 12.3. The van der Waals surface area contributed by atoms with Gasteiger partial charge < -0.3 is 4.74 Å². The molecule has 0 aromatic rings. The highest BCUT2D eigenvalue weighted by molar-refractivity contribution is 5.88. The van der Waals surface area contributed by atoms with Crippen molar-refractivity contribution >= 4 is 5.90 Å². The second-order valence-corrected chi connectivity index (χ2v) is 1.74. The predicted octanol–water partition coefficient (Wildman–Crippen LogP) is 0.852. The van der Waals surface area contributed by atoms with E-state index in [-0.39, 0.29) is 11.2 Å². The fourth-order valence-electron chi connectivity index (χ4n) is 0.588. The third-order valence-corrected chi connectivity index (χ3v) is 0.928. The summed E-state index contributed by atoms with van der Waals surface area (Å²) in [5.41, 5.74) is 1.66. The van der Waals surface area contributed by atoms with Crippen LogP contribution >= 0.6 is 0 Å². The number of hydrogen-bond donors (Lipinski definition) is 1. The Morgan fingerprint density at radius 3 is 3.09 bits per heavy atom. The molecule has 62 valence electrons. The lowest BCUT2D eigenvalue weighted by molar-refractivity contribution is -0.0312. The van der Waals surface area contributed by atoms with Crippen molar-refractivity contribution in [1.29, 1.82) is 0 Å². The van der Waals surface area contributed by atoms with E-state index in [0.29, 0.717) is 6.61 Å². The zero-order chi connectivity index (χ0) is 8.27. The molecule has 0 unspecified atom stereocenters. The Balaban J connectivity index is 2.62. The largest absolute Gasteiger partial charge is 0.477 e. The zero-order valence-electron chi connectivity index (χ0n) is 5.84. The second kappa shape index (κ2) is 3.18. The van der Waals surface area contributed by atoms with Crippen LogP contribution in [0.3, 0.4) is 0 Å². The molecule has 0 saturated heterocycles. The Labute approximate surface area is 62.0 Å². The van der Waals surface area contributed by atoms with Crippen molar-refractivity contribution in [2.24, 2.45) is 5.10 Å². The molecule has 0 fully saturated rings. The highest BCUT2D eigenvalue weighted by Gasteiger charge is 2.11. The zero-order valence-corrected chi connectivity index (χ0v) is 5.84. The van der Waals surface area contributed by atoms with Crippen molar-refractivity contribution in [3.8, 4) is 0 Å². The molecular formula is C5H7F2N3O. The fraction of sp³-hybridized carbons (Fsp3) is 0.400. The van der Waals surface area contributed by atoms with Gasteiger partial charge in [0.1, 0.15) is 0 Å². The maximum Gasteiger partial charge on any atom is 0.240 e. The van der Waals surface area contributed by atoms with Gasteiger partial charge in [-0.1, -0.05) is 9.58 Å². The number of rotatable bonds is 1. The lowest BCUT2D eigenvalue weighted by Crippen LogP contribution is -2.29. The minimum Gasteiger partial charge on any atom is -0.477 e. The molecule has 4 nitrogen and oxygen atoms in total. The quantitative estimate of drug-likeness (QED) is 0.460. The van der Waals surface area contributed by atoms with Crippen LogP contribution in [-0.4, -0.2) is 17.8 Å². The summed E-state index contributed by atoms with van der Waals surface area (Å²) in [6.45, 7) is 2.01. The average Bonchev–Trinajstić information content (AvgIpc) is 1.85. The Bertz CT molecular complexity index is 204. The van der Waals surface area contributed by atoms with Crippen LogP contribution in [0.5, 0.6) is 0 Å². The number of hydrogen-bond acceptors (Lipinski definition) is 4. The summed E-state index contributed by atoms with van der Waals surface area (Å²) < 4.78 is 29.2. The fourth-order valence-corrected chi connectivity index (χ4v) is 0.588. The smallest absolute Gasteiger partial charge is 0.240 e. The molecule has 6 heteroatoms. The number of hydrazone groups is 1. The minimum absolute atomic E-state index is 0.0914. The summed E-state index contributed by atoms with van der Waals surface area (Å²) in [6, 6.07) is 0. The molecule has 1 aliphatic heterocycles. The van der Waals surface area contributed by atoms with Crippen LogP contribution in [0.15, 0.2) is 17.1 Å². The molecule has 0 atom stereocenters. The van der Waals surface area contributed by atoms with Gasteiger partial charge in [-0.2, -0.15) is 4.39 Å². The van der Waals surface area contributed by atoms with Gasteiger partial charge in [0.15, 0.2) is 0 Å². The first-order chi connectivity index (χ1) is 5.22. The van der Waals surface area contributed by atoms with Crippen molar-refractivity contribution in [3.63, 3.8) is 0 Å². The van der Waals surface area contributed by atoms with E-state index in [4.69, 9.17) is 4.74 Å². The van der Waals surface area contributed by atoms with E-state index in [1.807, 2.05) is 0 Å². The number of ether oxygens (including phenoxy) is 1. The average molecular weight is 163 g/mol. The lowest BCUT2D eigenvalue weighted by Gasteiger charge is -2.14. The molecule has 0 aliphatic carbocycles. The Hall–Kier alpha value is -1.33. The van der Waals surface area contributed by atoms with Crippen molar-refractivity contribution in [2.45, 2.75) is 6.92 Å². The van der Waals surface area contributed by atoms with Gasteiger partial charge in [-0.3, -0.25) is 0 Å². The lowest BCUT2D eigenvalue weighted by atomic mass is 10.6. The maximum atomic E-state index is 12.3. The minimum atomic E-state index is -0.842. The molecule has 0 bridgehead atoms. The summed E-state index contributed by atoms with van der Waals surface area (Å²) in [6.07, 6.45) is 0.958. The summed E-state index contributed by atoms with van der Waals surface area (Å²) in [4.78, 5) is 0. The second-order valence-electron chi connectivity index (χ2n) is 1.74. The number of nitrogens with one attached hydrogen (secondary N) is 1. The Morgan fingerprint density at radius 1 is 1.82 bits per heavy atom. The van der Waals surface area contributed by atoms with Gasteiger partial charge in [-0.15, -0.1) is 0 Å². The van der Waals surface area contributed by atoms with Crippen LogP contribution in [0.1, 0.15) is 6.92 Å². The molecule has 1 aliphatic rings. The van der Waals surface area contributed by atoms with Gasteiger partial charge in [0.05, 0.1) is 12.7 Å². The van der Waals surface area contributed by atoms with Gasteiger partial charge in [-0.25, -0.2) is 5.43 Å². The van der Waals surface area contributed by atoms with Gasteiger partial charge in [0.2, 0.25) is 11.8 Å². The molecular weight excluding hydrogens is 156 g/mol. The van der Waals surface area contributed by atoms with Crippen LogP contribution < -0.4 is 5.43 Å². The van der Waals surface area contributed by atoms with Gasteiger partial charge in [0.25, 0.3) is 0 Å². The Morgan fingerprint density at radius 2 is 2.55 bits per heavy atom. The van der Waals surface area contributed by atoms with Crippen LogP contribution in [0.25, 0.3) is 0 Å². The van der Waals surface area contributed by atoms with Gasteiger partial charge >= 0.3 is 0 Å². The molecule has 1 rings (SSSR count). The van der Waals surface area contributed by atoms with Gasteiger partial charge in [-0.05, 0) is 12.3 Å². The molecule has 0 aromatic heterocycles. The van der Waals surface area contributed by atoms with Crippen LogP contribution in [0, 0.1) is 0 Å². The topological polar surface area (TPSA) is 36.9 Å². The summed E-state index contributed by atoms with van der Waals surface area (Å²) in [5, 5.41) is 2.91. The van der Waals surface area contributed by atoms with E-state index >= 15 is 0 Å². The van der Waals surface area contributed by atoms with Crippen molar-refractivity contribution in [2.75, 3.05) is 6.61 Å². The molecule has 0 amide bonds. The van der Waals surface area contributed by atoms with E-state index in [9.17, 15) is 8.87 Å². The van der Waals surface area contributed by atoms with E-state index in [1.54, 1.807) is 12.3 Å². The summed E-state index contributed by atoms with van der Waals surface area (Å²) in [7, 11) is 0. The SMILES string of the molecule is CCOC1=NN(F)NC(F)=C1. The van der Waals surface area contributed by atoms with Crippen LogP contribution in [0.4, 0.5) is 8.87 Å². The highest BCUT2D eigenvalue weighted by Crippen LogP contribution is 2.03. The third-order valence-electron chi connectivity index (χ3n) is 0.928. The van der Waals surface area contributed by atoms with Crippen LogP contribution in [-0.2, 0) is 4.74 Å². The summed E-state index contributed by atoms with van der Waals surface area (Å²) in [5.74, 6) is -0.933. The molecule has 0 radical (unpaired) electrons. The van der Waals surface area contributed by atoms with Crippen molar-refractivity contribution in [1.82, 2.24) is 10.8 Å². The molecule has 11 heavy (non-hydrogen) atoms. The first-order valence-electron chi connectivity index (χ1n) is 3.03. The first kappa shape index (κ1) is 7.77. The third kappa shape index (κ3) is 2.06. The number of halogens is 2. The van der Waals surface area contributed by atoms with E-state index < -0.39 is 5.95 Å². The molecule has 1 N–H and O–H groups in total. The van der Waals surface area contributed by atoms with E-state index in [1.165, 1.54) is 0 Å². The van der Waals surface area contributed by atoms with E-state index in [0.717, 1.165) is 6.08 Å². The number of nitrogens with zero attached hydrogens (tertiary/aromatic N) is 2. The van der Waals surface area contributed by atoms with E-state index in [2.05, 4.69) is 5.10 Å². The van der Waals surface area contributed by atoms with Crippen molar-refractivity contribution < 1.29 is 13.6 Å². The standard InChI is InChI=1S/C5H7F2N3O/c1-2-11-5-3-4(6)8-10(7)9-5/h3,8H,2H2,1H3. The summed E-state index contributed by atoms with van der Waals surface area (Å²) >= 11 is 0. The monoisotopic (exact) mass is 163 g/mol. The first-order valence-corrected chi connectivity index (χ1v) is 3.03. The highest BCUT2D eigenvalue weighted by atomic mass is 19.2. The normalized spacial score (nSPS) is 16.8. The molecule has 0 aromatic carbocycles. The molecule has 0 spiro atoms. The van der Waals surface area contributed by atoms with Crippen molar-refractivity contribution in [3.05, 3.63) is 12.0 Å². The van der Waals surface area contributed by atoms with Gasteiger partial charge in [0, 0.05) is 0 Å². The van der Waals surface area contributed by atoms with Crippen LogP contribution in [0.2, 0.25) is 0 Å². The predicted molar refractivity (Wildman–Crippen MR) is 34.3 cm³/mol. The molecule has 0 saturated carbocycles. The number of hydrazine groups is 1. The Kier molecular flexibility index (Phi) is 2.25.